The molecule has 0 atom stereocenters. The van der Waals surface area contributed by atoms with Gasteiger partial charge in [-0.25, -0.2) is 23.1 Å². The molecule has 2 rings (SSSR count). The number of nitrogens with one attached hydrogen (secondary N) is 1. The van der Waals surface area contributed by atoms with Gasteiger partial charge < -0.3 is 15.8 Å². The Hall–Kier alpha value is -2.77. The quantitative estimate of drug-likeness (QED) is 0.808. The molecule has 1 aromatic heterocycles. The molecule has 3 N–H and O–H groups in total. The van der Waals surface area contributed by atoms with E-state index in [-0.39, 0.29) is 12.6 Å². The summed E-state index contributed by atoms with van der Waals surface area (Å²) in [4.78, 5) is 8.23. The number of ether oxygens (including phenoxy) is 1. The Kier molecular flexibility index (Phi) is 5.74. The number of hydrogen-bond donors (Lipinski definition) is 2. The first kappa shape index (κ1) is 19.6. The number of halogens is 3. The van der Waals surface area contributed by atoms with Gasteiger partial charge in [0.25, 0.3) is 5.92 Å². The third-order valence-corrected chi connectivity index (χ3v) is 3.81. The predicted octanol–water partition coefficient (Wildman–Crippen LogP) is 4.03. The molecular weight excluding hydrogens is 345 g/mol. The number of benzene rings is 1. The molecule has 0 bridgehead atoms. The van der Waals surface area contributed by atoms with Gasteiger partial charge >= 0.3 is 6.01 Å². The highest BCUT2D eigenvalue weighted by atomic mass is 19.3. The van der Waals surface area contributed by atoms with Crippen molar-refractivity contribution in [3.63, 3.8) is 0 Å². The van der Waals surface area contributed by atoms with E-state index < -0.39 is 17.3 Å². The van der Waals surface area contributed by atoms with Crippen LogP contribution in [0.5, 0.6) is 6.01 Å². The number of aromatic nitrogens is 2. The van der Waals surface area contributed by atoms with E-state index in [1.165, 1.54) is 6.07 Å². The topological polar surface area (TPSA) is 73.1 Å². The average molecular weight is 366 g/mol. The van der Waals surface area contributed by atoms with Crippen molar-refractivity contribution in [2.75, 3.05) is 11.9 Å². The third kappa shape index (κ3) is 4.87. The Bertz CT molecular complexity index is 832. The van der Waals surface area contributed by atoms with Gasteiger partial charge in [-0.2, -0.15) is 0 Å². The minimum atomic E-state index is -3.28. The lowest BCUT2D eigenvalue weighted by molar-refractivity contribution is 0.0138. The molecule has 0 aliphatic carbocycles. The lowest BCUT2D eigenvalue weighted by atomic mass is 10.1. The smallest absolute Gasteiger partial charge is 0.316 e. The monoisotopic (exact) mass is 366 g/mol. The zero-order valence-electron chi connectivity index (χ0n) is 15.0. The molecule has 0 unspecified atom stereocenters. The van der Waals surface area contributed by atoms with E-state index in [2.05, 4.69) is 15.3 Å². The Morgan fingerprint density at radius 3 is 2.62 bits per heavy atom. The SMILES string of the molecule is C/C(Nc1ccc(F)c(C(C)(F)F)c1)=C(/N)COc1ncc(C)c(C)n1. The summed E-state index contributed by atoms with van der Waals surface area (Å²) in [7, 11) is 0. The van der Waals surface area contributed by atoms with E-state index in [1.54, 1.807) is 13.1 Å². The third-order valence-electron chi connectivity index (χ3n) is 3.81. The number of hydrogen-bond acceptors (Lipinski definition) is 5. The highest BCUT2D eigenvalue weighted by molar-refractivity contribution is 5.51. The maximum absolute atomic E-state index is 13.6. The van der Waals surface area contributed by atoms with E-state index in [4.69, 9.17) is 10.5 Å². The van der Waals surface area contributed by atoms with Crippen molar-refractivity contribution in [1.29, 1.82) is 0 Å². The summed E-state index contributed by atoms with van der Waals surface area (Å²) in [6.45, 7) is 6.04. The van der Waals surface area contributed by atoms with Crippen molar-refractivity contribution in [3.05, 3.63) is 58.4 Å². The van der Waals surface area contributed by atoms with Gasteiger partial charge in [0.1, 0.15) is 12.4 Å². The average Bonchev–Trinajstić information content (AvgIpc) is 2.56. The number of rotatable bonds is 6. The molecule has 0 saturated carbocycles. The summed E-state index contributed by atoms with van der Waals surface area (Å²) in [5.41, 5.74) is 8.13. The predicted molar refractivity (Wildman–Crippen MR) is 93.5 cm³/mol. The molecule has 5 nitrogen and oxygen atoms in total. The van der Waals surface area contributed by atoms with Crippen LogP contribution in [0, 0.1) is 19.7 Å². The Balaban J connectivity index is 2.09. The second-order valence-electron chi connectivity index (χ2n) is 6.07. The van der Waals surface area contributed by atoms with Crippen LogP contribution in [0.4, 0.5) is 18.9 Å². The van der Waals surface area contributed by atoms with Crippen molar-refractivity contribution < 1.29 is 17.9 Å². The second kappa shape index (κ2) is 7.63. The summed E-state index contributed by atoms with van der Waals surface area (Å²) in [5, 5.41) is 2.87. The van der Waals surface area contributed by atoms with Crippen LogP contribution < -0.4 is 15.8 Å². The molecule has 0 radical (unpaired) electrons. The van der Waals surface area contributed by atoms with E-state index in [1.807, 2.05) is 13.8 Å². The molecular formula is C18H21F3N4O. The summed E-state index contributed by atoms with van der Waals surface area (Å²) in [6.07, 6.45) is 1.65. The van der Waals surface area contributed by atoms with E-state index >= 15 is 0 Å². The van der Waals surface area contributed by atoms with Gasteiger partial charge in [0.2, 0.25) is 0 Å². The van der Waals surface area contributed by atoms with Gasteiger partial charge in [-0.3, -0.25) is 0 Å². The van der Waals surface area contributed by atoms with Gasteiger partial charge in [0.15, 0.2) is 0 Å². The Morgan fingerprint density at radius 2 is 2.00 bits per heavy atom. The van der Waals surface area contributed by atoms with Crippen molar-refractivity contribution in [2.45, 2.75) is 33.6 Å². The normalized spacial score (nSPS) is 12.6. The summed E-state index contributed by atoms with van der Waals surface area (Å²) >= 11 is 0. The van der Waals surface area contributed by atoms with Gasteiger partial charge in [0.05, 0.1) is 11.3 Å². The maximum Gasteiger partial charge on any atom is 0.316 e. The molecule has 0 spiro atoms. The van der Waals surface area contributed by atoms with Crippen LogP contribution in [0.1, 0.15) is 30.7 Å². The van der Waals surface area contributed by atoms with Crippen molar-refractivity contribution >= 4 is 5.69 Å². The highest BCUT2D eigenvalue weighted by Gasteiger charge is 2.28. The molecule has 0 amide bonds. The zero-order valence-corrected chi connectivity index (χ0v) is 15.0. The fourth-order valence-electron chi connectivity index (χ4n) is 2.06. The summed E-state index contributed by atoms with van der Waals surface area (Å²) < 4.78 is 45.8. The molecule has 8 heteroatoms. The highest BCUT2D eigenvalue weighted by Crippen LogP contribution is 2.31. The van der Waals surface area contributed by atoms with Crippen LogP contribution >= 0.6 is 0 Å². The van der Waals surface area contributed by atoms with Gasteiger partial charge in [-0.15, -0.1) is 0 Å². The number of anilines is 1. The van der Waals surface area contributed by atoms with Gasteiger partial charge in [0, 0.05) is 30.2 Å². The number of nitrogens with two attached hydrogens (primary N) is 1. The maximum atomic E-state index is 13.6. The molecule has 1 heterocycles. The fraction of sp³-hybridized carbons (Fsp3) is 0.333. The number of allylic oxidation sites excluding steroid dienone is 1. The van der Waals surface area contributed by atoms with Crippen LogP contribution in [0.2, 0.25) is 0 Å². The summed E-state index contributed by atoms with van der Waals surface area (Å²) in [6, 6.07) is 3.59. The van der Waals surface area contributed by atoms with Crippen LogP contribution in [0.25, 0.3) is 0 Å². The van der Waals surface area contributed by atoms with Crippen molar-refractivity contribution in [1.82, 2.24) is 9.97 Å². The van der Waals surface area contributed by atoms with E-state index in [0.717, 1.165) is 23.4 Å². The molecule has 0 saturated heterocycles. The Morgan fingerprint density at radius 1 is 1.31 bits per heavy atom. The zero-order chi connectivity index (χ0) is 19.5. The van der Waals surface area contributed by atoms with Gasteiger partial charge in [-0.1, -0.05) is 0 Å². The first-order valence-electron chi connectivity index (χ1n) is 7.91. The van der Waals surface area contributed by atoms with Crippen molar-refractivity contribution in [2.24, 2.45) is 5.73 Å². The molecule has 26 heavy (non-hydrogen) atoms. The lowest BCUT2D eigenvalue weighted by Gasteiger charge is -2.15. The number of nitrogens with zero attached hydrogens (tertiary/aromatic N) is 2. The molecule has 1 aromatic carbocycles. The molecule has 140 valence electrons. The van der Waals surface area contributed by atoms with Crippen molar-refractivity contribution in [3.8, 4) is 6.01 Å². The van der Waals surface area contributed by atoms with Crippen LogP contribution in [0.15, 0.2) is 35.8 Å². The molecule has 0 aliphatic heterocycles. The largest absolute Gasteiger partial charge is 0.457 e. The minimum Gasteiger partial charge on any atom is -0.457 e. The molecule has 0 aliphatic rings. The number of aryl methyl sites for hydroxylation is 2. The summed E-state index contributed by atoms with van der Waals surface area (Å²) in [5.74, 6) is -4.25. The number of alkyl halides is 2. The standard InChI is InChI=1S/C18H21F3N4O/c1-10-8-23-17(25-11(10)2)26-9-16(22)12(3)24-13-5-6-15(19)14(7-13)18(4,20)21/h5-8,24H,9,22H2,1-4H3/b16-12-. The van der Waals surface area contributed by atoms with E-state index in [9.17, 15) is 13.2 Å². The first-order valence-corrected chi connectivity index (χ1v) is 7.91. The van der Waals surface area contributed by atoms with Crippen LogP contribution in [-0.2, 0) is 5.92 Å². The first-order chi connectivity index (χ1) is 12.1. The molecule has 2 aromatic rings. The Labute approximate surface area is 150 Å². The fourth-order valence-corrected chi connectivity index (χ4v) is 2.06. The van der Waals surface area contributed by atoms with E-state index in [0.29, 0.717) is 24.0 Å². The minimum absolute atomic E-state index is 0.0132. The molecule has 0 fully saturated rings. The lowest BCUT2D eigenvalue weighted by Crippen LogP contribution is -2.16. The second-order valence-corrected chi connectivity index (χ2v) is 6.07. The van der Waals surface area contributed by atoms with Gasteiger partial charge in [-0.05, 0) is 44.5 Å². The van der Waals surface area contributed by atoms with Crippen LogP contribution in [-0.4, -0.2) is 16.6 Å². The van der Waals surface area contributed by atoms with Crippen LogP contribution in [0.3, 0.4) is 0 Å².